The van der Waals surface area contributed by atoms with Crippen molar-refractivity contribution < 1.29 is 0 Å². The van der Waals surface area contributed by atoms with Gasteiger partial charge in [0.15, 0.2) is 0 Å². The number of aromatic nitrogens is 3. The third-order valence-electron chi connectivity index (χ3n) is 2.93. The standard InChI is InChI=1S/C9H7N.C8H6N2.2C2H6/c1-2-4-9-7-10-6-5-8(9)3-1;1-2-4-8-7(3-1)9-5-6-10-8;2*1-2/h1-7H;1-6H;2*1-2H3. The van der Waals surface area contributed by atoms with Crippen molar-refractivity contribution >= 4 is 21.8 Å². The Morgan fingerprint density at radius 1 is 0.542 bits per heavy atom. The van der Waals surface area contributed by atoms with Crippen LogP contribution in [-0.2, 0) is 0 Å². The van der Waals surface area contributed by atoms with E-state index in [0.29, 0.717) is 0 Å². The van der Waals surface area contributed by atoms with Gasteiger partial charge < -0.3 is 0 Å². The minimum Gasteiger partial charge on any atom is -0.264 e. The molecule has 0 aliphatic rings. The maximum absolute atomic E-state index is 4.12. The molecule has 24 heavy (non-hydrogen) atoms. The van der Waals surface area contributed by atoms with Crippen LogP contribution >= 0.6 is 0 Å². The van der Waals surface area contributed by atoms with Crippen molar-refractivity contribution in [2.45, 2.75) is 27.7 Å². The van der Waals surface area contributed by atoms with Crippen LogP contribution in [0.15, 0.2) is 79.4 Å². The second kappa shape index (κ2) is 11.7. The first kappa shape index (κ1) is 19.2. The molecule has 4 aromatic rings. The second-order valence-corrected chi connectivity index (χ2v) is 4.27. The quantitative estimate of drug-likeness (QED) is 0.404. The number of rotatable bonds is 0. The maximum atomic E-state index is 4.12. The fourth-order valence-corrected chi connectivity index (χ4v) is 1.94. The zero-order valence-corrected chi connectivity index (χ0v) is 14.8. The van der Waals surface area contributed by atoms with E-state index in [4.69, 9.17) is 0 Å². The van der Waals surface area contributed by atoms with Crippen molar-refractivity contribution in [1.82, 2.24) is 15.0 Å². The van der Waals surface area contributed by atoms with Crippen LogP contribution in [0.4, 0.5) is 0 Å². The van der Waals surface area contributed by atoms with Crippen LogP contribution in [0.2, 0.25) is 0 Å². The zero-order valence-electron chi connectivity index (χ0n) is 14.8. The Kier molecular flexibility index (Phi) is 9.39. The number of benzene rings is 2. The maximum Gasteiger partial charge on any atom is 0.0886 e. The van der Waals surface area contributed by atoms with Crippen LogP contribution in [-0.4, -0.2) is 15.0 Å². The van der Waals surface area contributed by atoms with E-state index >= 15 is 0 Å². The summed E-state index contributed by atoms with van der Waals surface area (Å²) in [6.45, 7) is 8.00. The molecule has 0 N–H and O–H groups in total. The molecule has 0 aliphatic heterocycles. The van der Waals surface area contributed by atoms with Gasteiger partial charge in [-0.1, -0.05) is 64.1 Å². The summed E-state index contributed by atoms with van der Waals surface area (Å²) in [6.07, 6.45) is 7.07. The minimum atomic E-state index is 0.949. The Bertz CT molecular complexity index is 626. The van der Waals surface area contributed by atoms with E-state index in [9.17, 15) is 0 Å². The molecule has 3 nitrogen and oxygen atoms in total. The number of fused-ring (bicyclic) bond motifs is 2. The Morgan fingerprint density at radius 2 is 1.04 bits per heavy atom. The molecule has 0 fully saturated rings. The van der Waals surface area contributed by atoms with Crippen LogP contribution in [0, 0.1) is 0 Å². The van der Waals surface area contributed by atoms with Crippen molar-refractivity contribution in [2.24, 2.45) is 0 Å². The molecule has 2 aromatic heterocycles. The zero-order chi connectivity index (χ0) is 17.6. The third-order valence-corrected chi connectivity index (χ3v) is 2.93. The number of hydrogen-bond acceptors (Lipinski definition) is 3. The van der Waals surface area contributed by atoms with Crippen LogP contribution in [0.5, 0.6) is 0 Å². The normalized spacial score (nSPS) is 8.83. The SMILES string of the molecule is CC.CC.c1ccc2cnccc2c1.c1ccc2nccnc2c1. The Labute approximate surface area is 144 Å². The first-order chi connectivity index (χ1) is 11.9. The van der Waals surface area contributed by atoms with Gasteiger partial charge in [0.1, 0.15) is 0 Å². The summed E-state index contributed by atoms with van der Waals surface area (Å²) in [7, 11) is 0. The van der Waals surface area contributed by atoms with E-state index in [-0.39, 0.29) is 0 Å². The Morgan fingerprint density at radius 3 is 1.58 bits per heavy atom. The van der Waals surface area contributed by atoms with Gasteiger partial charge in [-0.2, -0.15) is 0 Å². The molecule has 3 heteroatoms. The highest BCUT2D eigenvalue weighted by molar-refractivity contribution is 5.81. The van der Waals surface area contributed by atoms with E-state index in [0.717, 1.165) is 11.0 Å². The Hall–Kier alpha value is -2.81. The molecule has 0 radical (unpaired) electrons. The summed E-state index contributed by atoms with van der Waals surface area (Å²) >= 11 is 0. The lowest BCUT2D eigenvalue weighted by Gasteiger charge is -1.91. The number of hydrogen-bond donors (Lipinski definition) is 0. The van der Waals surface area contributed by atoms with Crippen LogP contribution in [0.3, 0.4) is 0 Å². The predicted molar refractivity (Wildman–Crippen MR) is 104 cm³/mol. The molecule has 2 heterocycles. The van der Waals surface area contributed by atoms with Crippen molar-refractivity contribution in [1.29, 1.82) is 0 Å². The second-order valence-electron chi connectivity index (χ2n) is 4.27. The molecule has 4 rings (SSSR count). The first-order valence-electron chi connectivity index (χ1n) is 8.38. The van der Waals surface area contributed by atoms with E-state index in [1.165, 1.54) is 10.8 Å². The van der Waals surface area contributed by atoms with Gasteiger partial charge in [-0.05, 0) is 29.0 Å². The molecule has 0 amide bonds. The highest BCUT2D eigenvalue weighted by Gasteiger charge is 1.88. The van der Waals surface area contributed by atoms with Gasteiger partial charge >= 0.3 is 0 Å². The van der Waals surface area contributed by atoms with Crippen molar-refractivity contribution in [3.05, 3.63) is 79.4 Å². The van der Waals surface area contributed by atoms with Gasteiger partial charge in [-0.15, -0.1) is 0 Å². The van der Waals surface area contributed by atoms with E-state index in [1.54, 1.807) is 12.4 Å². The summed E-state index contributed by atoms with van der Waals surface area (Å²) in [5.74, 6) is 0. The summed E-state index contributed by atoms with van der Waals surface area (Å²) in [5, 5.41) is 2.45. The van der Waals surface area contributed by atoms with E-state index in [2.05, 4.69) is 27.1 Å². The number of nitrogens with zero attached hydrogens (tertiary/aromatic N) is 3. The van der Waals surface area contributed by atoms with Crippen LogP contribution < -0.4 is 0 Å². The fraction of sp³-hybridized carbons (Fsp3) is 0.190. The molecule has 0 atom stereocenters. The van der Waals surface area contributed by atoms with Gasteiger partial charge in [0.25, 0.3) is 0 Å². The monoisotopic (exact) mass is 319 g/mol. The van der Waals surface area contributed by atoms with Gasteiger partial charge in [-0.25, -0.2) is 0 Å². The molecular formula is C21H25N3. The summed E-state index contributed by atoms with van der Waals surface area (Å²) in [5.41, 5.74) is 1.90. The van der Waals surface area contributed by atoms with Crippen molar-refractivity contribution in [3.8, 4) is 0 Å². The summed E-state index contributed by atoms with van der Waals surface area (Å²) in [6, 6.07) is 18.0. The van der Waals surface area contributed by atoms with Gasteiger partial charge in [0.05, 0.1) is 11.0 Å². The van der Waals surface area contributed by atoms with E-state index in [1.807, 2.05) is 82.6 Å². The lowest BCUT2D eigenvalue weighted by molar-refractivity contribution is 1.29. The van der Waals surface area contributed by atoms with Crippen molar-refractivity contribution in [2.75, 3.05) is 0 Å². The number of pyridine rings is 1. The molecule has 124 valence electrons. The molecule has 0 unspecified atom stereocenters. The van der Waals surface area contributed by atoms with Crippen LogP contribution in [0.25, 0.3) is 21.8 Å². The van der Waals surface area contributed by atoms with E-state index < -0.39 is 0 Å². The van der Waals surface area contributed by atoms with Gasteiger partial charge in [0, 0.05) is 24.8 Å². The number of para-hydroxylation sites is 2. The fourth-order valence-electron chi connectivity index (χ4n) is 1.94. The Balaban J connectivity index is 0.000000199. The molecule has 0 bridgehead atoms. The van der Waals surface area contributed by atoms with Crippen LogP contribution in [0.1, 0.15) is 27.7 Å². The molecule has 2 aromatic carbocycles. The highest BCUT2D eigenvalue weighted by Crippen LogP contribution is 2.09. The van der Waals surface area contributed by atoms with Crippen molar-refractivity contribution in [3.63, 3.8) is 0 Å². The lowest BCUT2D eigenvalue weighted by Crippen LogP contribution is -1.78. The van der Waals surface area contributed by atoms with Gasteiger partial charge in [-0.3, -0.25) is 15.0 Å². The minimum absolute atomic E-state index is 0.949. The third kappa shape index (κ3) is 5.76. The topological polar surface area (TPSA) is 38.7 Å². The lowest BCUT2D eigenvalue weighted by atomic mass is 10.2. The molecule has 0 aliphatic carbocycles. The predicted octanol–water partition coefficient (Wildman–Crippen LogP) is 5.92. The molecule has 0 spiro atoms. The average Bonchev–Trinajstić information content (AvgIpc) is 2.72. The highest BCUT2D eigenvalue weighted by atomic mass is 14.8. The molecule has 0 saturated heterocycles. The summed E-state index contributed by atoms with van der Waals surface area (Å²) < 4.78 is 0. The largest absolute Gasteiger partial charge is 0.264 e. The molecular weight excluding hydrogens is 294 g/mol. The first-order valence-corrected chi connectivity index (χ1v) is 8.38. The smallest absolute Gasteiger partial charge is 0.0886 e. The molecule has 0 saturated carbocycles. The van der Waals surface area contributed by atoms with Gasteiger partial charge in [0.2, 0.25) is 0 Å². The average molecular weight is 319 g/mol. The summed E-state index contributed by atoms with van der Waals surface area (Å²) in [4.78, 5) is 12.3.